The zero-order valence-electron chi connectivity index (χ0n) is 13.6. The van der Waals surface area contributed by atoms with Crippen molar-refractivity contribution < 1.29 is 14.7 Å². The molecule has 122 valence electrons. The number of ketones is 1. The van der Waals surface area contributed by atoms with Gasteiger partial charge in [0.15, 0.2) is 0 Å². The molecule has 3 nitrogen and oxygen atoms in total. The van der Waals surface area contributed by atoms with Crippen molar-refractivity contribution in [1.82, 2.24) is 0 Å². The van der Waals surface area contributed by atoms with Crippen LogP contribution in [0, 0.1) is 0 Å². The highest BCUT2D eigenvalue weighted by Crippen LogP contribution is 2.09. The molecular weight excluding hydrogens is 264 g/mol. The standard InChI is InChI=1S/C18H32O3/c1-2-3-4-5-6-8-11-14-17(19)15-12-9-7-10-13-16-18(20)21/h6,8H,2-5,7,9-16H2,1H3,(H,20,21)/b8-6-. The normalized spacial score (nSPS) is 11.1. The number of hydrogen-bond donors (Lipinski definition) is 1. The van der Waals surface area contributed by atoms with Crippen molar-refractivity contribution in [2.24, 2.45) is 0 Å². The largest absolute Gasteiger partial charge is 0.481 e. The highest BCUT2D eigenvalue weighted by atomic mass is 16.4. The van der Waals surface area contributed by atoms with Crippen LogP contribution in [0.4, 0.5) is 0 Å². The van der Waals surface area contributed by atoms with Crippen molar-refractivity contribution in [3.05, 3.63) is 12.2 Å². The Bertz CT molecular complexity index is 295. The lowest BCUT2D eigenvalue weighted by atomic mass is 10.1. The average Bonchev–Trinajstić information content (AvgIpc) is 2.45. The van der Waals surface area contributed by atoms with Gasteiger partial charge in [0, 0.05) is 19.3 Å². The number of aliphatic carboxylic acids is 1. The Labute approximate surface area is 129 Å². The summed E-state index contributed by atoms with van der Waals surface area (Å²) in [5.41, 5.74) is 0. The Hall–Kier alpha value is -1.12. The molecule has 0 bridgehead atoms. The van der Waals surface area contributed by atoms with Crippen LogP contribution in [0.2, 0.25) is 0 Å². The number of rotatable bonds is 15. The third-order valence-electron chi connectivity index (χ3n) is 3.58. The van der Waals surface area contributed by atoms with Gasteiger partial charge in [-0.3, -0.25) is 9.59 Å². The Balaban J connectivity index is 3.29. The third-order valence-corrected chi connectivity index (χ3v) is 3.58. The molecule has 0 fully saturated rings. The van der Waals surface area contributed by atoms with Crippen LogP contribution in [-0.4, -0.2) is 16.9 Å². The smallest absolute Gasteiger partial charge is 0.303 e. The van der Waals surface area contributed by atoms with Gasteiger partial charge in [-0.15, -0.1) is 0 Å². The van der Waals surface area contributed by atoms with E-state index in [1.165, 1.54) is 19.3 Å². The number of carbonyl (C=O) groups excluding carboxylic acids is 1. The molecule has 0 spiro atoms. The summed E-state index contributed by atoms with van der Waals surface area (Å²) in [6, 6.07) is 0. The maximum absolute atomic E-state index is 11.6. The van der Waals surface area contributed by atoms with E-state index < -0.39 is 5.97 Å². The van der Waals surface area contributed by atoms with Crippen LogP contribution in [0.3, 0.4) is 0 Å². The molecule has 0 saturated heterocycles. The van der Waals surface area contributed by atoms with Gasteiger partial charge in [0.05, 0.1) is 0 Å². The van der Waals surface area contributed by atoms with Gasteiger partial charge in [-0.05, 0) is 32.1 Å². The summed E-state index contributed by atoms with van der Waals surface area (Å²) in [5, 5.41) is 8.50. The van der Waals surface area contributed by atoms with Gasteiger partial charge in [-0.2, -0.15) is 0 Å². The minimum Gasteiger partial charge on any atom is -0.481 e. The number of carbonyl (C=O) groups is 2. The van der Waals surface area contributed by atoms with E-state index in [1.807, 2.05) is 0 Å². The van der Waals surface area contributed by atoms with Gasteiger partial charge in [0.1, 0.15) is 5.78 Å². The van der Waals surface area contributed by atoms with E-state index in [-0.39, 0.29) is 6.42 Å². The number of Topliss-reactive ketones (excluding diaryl/α,β-unsaturated/α-hetero) is 1. The van der Waals surface area contributed by atoms with Crippen LogP contribution in [0.15, 0.2) is 12.2 Å². The van der Waals surface area contributed by atoms with Crippen molar-refractivity contribution in [1.29, 1.82) is 0 Å². The SMILES string of the molecule is CCCCC/C=C\CCC(=O)CCCCCCCC(=O)O. The molecule has 21 heavy (non-hydrogen) atoms. The van der Waals surface area contributed by atoms with Crippen molar-refractivity contribution >= 4 is 11.8 Å². The van der Waals surface area contributed by atoms with Gasteiger partial charge < -0.3 is 5.11 Å². The molecule has 0 rings (SSSR count). The number of hydrogen-bond acceptors (Lipinski definition) is 2. The molecule has 0 aliphatic carbocycles. The zero-order chi connectivity index (χ0) is 15.8. The first-order chi connectivity index (χ1) is 10.2. The van der Waals surface area contributed by atoms with Crippen molar-refractivity contribution in [2.75, 3.05) is 0 Å². The molecule has 0 amide bonds. The third kappa shape index (κ3) is 16.8. The zero-order valence-corrected chi connectivity index (χ0v) is 13.6. The van der Waals surface area contributed by atoms with E-state index in [0.29, 0.717) is 18.6 Å². The summed E-state index contributed by atoms with van der Waals surface area (Å²) in [6.45, 7) is 2.20. The molecule has 0 unspecified atom stereocenters. The predicted octanol–water partition coefficient (Wildman–Crippen LogP) is 5.29. The Morgan fingerprint density at radius 3 is 2.05 bits per heavy atom. The van der Waals surface area contributed by atoms with E-state index >= 15 is 0 Å². The fourth-order valence-electron chi connectivity index (χ4n) is 2.25. The Morgan fingerprint density at radius 2 is 1.38 bits per heavy atom. The minimum atomic E-state index is -0.715. The molecule has 0 aliphatic heterocycles. The van der Waals surface area contributed by atoms with E-state index in [2.05, 4.69) is 19.1 Å². The highest BCUT2D eigenvalue weighted by molar-refractivity contribution is 5.78. The van der Waals surface area contributed by atoms with Crippen LogP contribution in [0.5, 0.6) is 0 Å². The van der Waals surface area contributed by atoms with Crippen LogP contribution in [-0.2, 0) is 9.59 Å². The van der Waals surface area contributed by atoms with Gasteiger partial charge in [0.25, 0.3) is 0 Å². The van der Waals surface area contributed by atoms with E-state index in [1.54, 1.807) is 0 Å². The van der Waals surface area contributed by atoms with Crippen molar-refractivity contribution in [2.45, 2.75) is 90.4 Å². The molecule has 3 heteroatoms. The second kappa shape index (κ2) is 15.3. The summed E-state index contributed by atoms with van der Waals surface area (Å²) in [7, 11) is 0. The molecule has 0 saturated carbocycles. The van der Waals surface area contributed by atoms with Crippen LogP contribution in [0.1, 0.15) is 90.4 Å². The molecular formula is C18H32O3. The maximum atomic E-state index is 11.6. The Kier molecular flexibility index (Phi) is 14.5. The van der Waals surface area contributed by atoms with Crippen LogP contribution < -0.4 is 0 Å². The second-order valence-corrected chi connectivity index (χ2v) is 5.71. The molecule has 0 aliphatic rings. The van der Waals surface area contributed by atoms with Crippen LogP contribution in [0.25, 0.3) is 0 Å². The second-order valence-electron chi connectivity index (χ2n) is 5.71. The molecule has 0 aromatic heterocycles. The quantitative estimate of drug-likeness (QED) is 0.330. The van der Waals surface area contributed by atoms with Gasteiger partial charge in [-0.1, -0.05) is 51.2 Å². The van der Waals surface area contributed by atoms with Crippen molar-refractivity contribution in [3.63, 3.8) is 0 Å². The average molecular weight is 296 g/mol. The van der Waals surface area contributed by atoms with Crippen molar-refractivity contribution in [3.8, 4) is 0 Å². The number of allylic oxidation sites excluding steroid dienone is 2. The highest BCUT2D eigenvalue weighted by Gasteiger charge is 2.01. The van der Waals surface area contributed by atoms with E-state index in [9.17, 15) is 9.59 Å². The van der Waals surface area contributed by atoms with Gasteiger partial charge in [0.2, 0.25) is 0 Å². The number of carboxylic acid groups (broad SMARTS) is 1. The summed E-state index contributed by atoms with van der Waals surface area (Å²) in [5.74, 6) is -0.355. The molecule has 0 radical (unpaired) electrons. The Morgan fingerprint density at radius 1 is 0.762 bits per heavy atom. The lowest BCUT2D eigenvalue weighted by Crippen LogP contribution is -1.97. The molecule has 1 N–H and O–H groups in total. The molecule has 0 heterocycles. The topological polar surface area (TPSA) is 54.4 Å². The maximum Gasteiger partial charge on any atom is 0.303 e. The van der Waals surface area contributed by atoms with Gasteiger partial charge >= 0.3 is 5.97 Å². The first kappa shape index (κ1) is 19.9. The monoisotopic (exact) mass is 296 g/mol. The summed E-state index contributed by atoms with van der Waals surface area (Å²) >= 11 is 0. The minimum absolute atomic E-state index is 0.267. The molecule has 0 atom stereocenters. The predicted molar refractivity (Wildman–Crippen MR) is 87.5 cm³/mol. The summed E-state index contributed by atoms with van der Waals surface area (Å²) in [4.78, 5) is 22.0. The summed E-state index contributed by atoms with van der Waals surface area (Å²) < 4.78 is 0. The van der Waals surface area contributed by atoms with Crippen LogP contribution >= 0.6 is 0 Å². The fraction of sp³-hybridized carbons (Fsp3) is 0.778. The van der Waals surface area contributed by atoms with E-state index in [4.69, 9.17) is 5.11 Å². The van der Waals surface area contributed by atoms with E-state index in [0.717, 1.165) is 44.9 Å². The lowest BCUT2D eigenvalue weighted by molar-refractivity contribution is -0.137. The first-order valence-corrected chi connectivity index (χ1v) is 8.55. The number of unbranched alkanes of at least 4 members (excludes halogenated alkanes) is 7. The summed E-state index contributed by atoms with van der Waals surface area (Å²) in [6.07, 6.45) is 16.5. The molecule has 0 aromatic rings. The lowest BCUT2D eigenvalue weighted by Gasteiger charge is -2.00. The number of carboxylic acids is 1. The fourth-order valence-corrected chi connectivity index (χ4v) is 2.25. The van der Waals surface area contributed by atoms with Gasteiger partial charge in [-0.25, -0.2) is 0 Å². The first-order valence-electron chi connectivity index (χ1n) is 8.55. The molecule has 0 aromatic carbocycles.